The number of aryl methyl sites for hydroxylation is 1. The number of carbonyl (C=O) groups is 1. The lowest BCUT2D eigenvalue weighted by Crippen LogP contribution is -2.34. The van der Waals surface area contributed by atoms with Crippen LogP contribution in [0.5, 0.6) is 0 Å². The number of fused-ring (bicyclic) bond motifs is 1. The summed E-state index contributed by atoms with van der Waals surface area (Å²) in [6.45, 7) is 1.88. The molecule has 3 heterocycles. The van der Waals surface area contributed by atoms with Crippen LogP contribution in [0.4, 0.5) is 4.79 Å². The molecule has 34 heavy (non-hydrogen) atoms. The van der Waals surface area contributed by atoms with Crippen LogP contribution in [-0.2, 0) is 10.0 Å². The van der Waals surface area contributed by atoms with Gasteiger partial charge in [0.2, 0.25) is 0 Å². The van der Waals surface area contributed by atoms with E-state index < -0.39 is 16.1 Å². The van der Waals surface area contributed by atoms with Gasteiger partial charge in [-0.1, -0.05) is 28.9 Å². The van der Waals surface area contributed by atoms with Gasteiger partial charge < -0.3 is 14.9 Å². The molecule has 4 aromatic rings. The van der Waals surface area contributed by atoms with Crippen LogP contribution in [0.1, 0.15) is 30.4 Å². The molecule has 1 aliphatic carbocycles. The van der Waals surface area contributed by atoms with E-state index in [9.17, 15) is 13.2 Å². The highest BCUT2D eigenvalue weighted by molar-refractivity contribution is 7.90. The Labute approximate surface area is 195 Å². The van der Waals surface area contributed by atoms with Gasteiger partial charge >= 0.3 is 6.09 Å². The predicted molar refractivity (Wildman–Crippen MR) is 124 cm³/mol. The molecule has 0 saturated heterocycles. The highest BCUT2D eigenvalue weighted by Crippen LogP contribution is 2.38. The molecule has 5 rings (SSSR count). The first kappa shape index (κ1) is 21.8. The van der Waals surface area contributed by atoms with Gasteiger partial charge in [-0.15, -0.1) is 0 Å². The van der Waals surface area contributed by atoms with E-state index >= 15 is 0 Å². The third kappa shape index (κ3) is 3.83. The van der Waals surface area contributed by atoms with Gasteiger partial charge in [0, 0.05) is 23.8 Å². The standard InChI is InChI=1S/C23H21N5O5S/c1-14-5-7-17(8-6-14)34(31,32)28-12-19(22-25-13-26-33-22)20-18(9-10-24-21(20)28)15-3-2-4-16(11-15)27-23(29)30/h3,5-10,12-13,16,27H,2,4,11H2,1H3,(H,29,30). The summed E-state index contributed by atoms with van der Waals surface area (Å²) in [5.74, 6) is 0.161. The van der Waals surface area contributed by atoms with Gasteiger partial charge in [-0.25, -0.2) is 22.2 Å². The average molecular weight is 480 g/mol. The van der Waals surface area contributed by atoms with Gasteiger partial charge in [0.1, 0.15) is 0 Å². The number of aromatic nitrogens is 4. The molecule has 1 aliphatic rings. The Kier molecular flexibility index (Phi) is 5.40. The molecule has 0 radical (unpaired) electrons. The molecule has 3 aromatic heterocycles. The molecule has 1 amide bonds. The Hall–Kier alpha value is -3.99. The number of nitrogens with one attached hydrogen (secondary N) is 1. The van der Waals surface area contributed by atoms with Crippen molar-refractivity contribution in [2.45, 2.75) is 37.1 Å². The Morgan fingerprint density at radius 1 is 1.18 bits per heavy atom. The topological polar surface area (TPSA) is 140 Å². The number of nitrogens with zero attached hydrogens (tertiary/aromatic N) is 4. The van der Waals surface area contributed by atoms with Crippen molar-refractivity contribution in [3.05, 3.63) is 66.3 Å². The summed E-state index contributed by atoms with van der Waals surface area (Å²) in [4.78, 5) is 19.8. The SMILES string of the molecule is Cc1ccc(S(=O)(=O)n2cc(-c3ncno3)c3c(C4=CCCC(NC(=O)O)C4)ccnc32)cc1. The summed E-state index contributed by atoms with van der Waals surface area (Å²) in [6, 6.07) is 8.13. The van der Waals surface area contributed by atoms with Crippen LogP contribution in [0.3, 0.4) is 0 Å². The van der Waals surface area contributed by atoms with Crippen molar-refractivity contribution in [1.29, 1.82) is 0 Å². The molecular weight excluding hydrogens is 458 g/mol. The van der Waals surface area contributed by atoms with Crippen LogP contribution < -0.4 is 5.32 Å². The number of carboxylic acid groups (broad SMARTS) is 1. The maximum atomic E-state index is 13.6. The van der Waals surface area contributed by atoms with E-state index in [1.165, 1.54) is 12.5 Å². The Morgan fingerprint density at radius 2 is 1.97 bits per heavy atom. The van der Waals surface area contributed by atoms with Crippen molar-refractivity contribution >= 4 is 32.7 Å². The van der Waals surface area contributed by atoms with E-state index in [1.807, 2.05) is 13.0 Å². The number of hydrogen-bond acceptors (Lipinski definition) is 7. The Bertz CT molecular complexity index is 1510. The summed E-state index contributed by atoms with van der Waals surface area (Å²) >= 11 is 0. The van der Waals surface area contributed by atoms with Crippen LogP contribution in [0, 0.1) is 6.92 Å². The minimum absolute atomic E-state index is 0.127. The Balaban J connectivity index is 1.71. The Morgan fingerprint density at radius 3 is 2.68 bits per heavy atom. The van der Waals surface area contributed by atoms with Crippen molar-refractivity contribution in [2.24, 2.45) is 0 Å². The van der Waals surface area contributed by atoms with Crippen molar-refractivity contribution in [3.63, 3.8) is 0 Å². The number of amides is 1. The van der Waals surface area contributed by atoms with Crippen LogP contribution in [-0.4, -0.2) is 44.8 Å². The largest absolute Gasteiger partial charge is 0.465 e. The molecule has 1 aromatic carbocycles. The second-order valence-corrected chi connectivity index (χ2v) is 9.93. The first-order valence-corrected chi connectivity index (χ1v) is 12.1. The number of allylic oxidation sites excluding steroid dienone is 1. The minimum atomic E-state index is -3.97. The van der Waals surface area contributed by atoms with Gasteiger partial charge in [0.05, 0.1) is 10.5 Å². The number of hydrogen-bond donors (Lipinski definition) is 2. The second-order valence-electron chi connectivity index (χ2n) is 8.12. The number of benzene rings is 1. The van der Waals surface area contributed by atoms with E-state index in [4.69, 9.17) is 9.63 Å². The highest BCUT2D eigenvalue weighted by atomic mass is 32.2. The molecule has 0 aliphatic heterocycles. The predicted octanol–water partition coefficient (Wildman–Crippen LogP) is 3.84. The van der Waals surface area contributed by atoms with E-state index in [1.54, 1.807) is 36.5 Å². The molecule has 1 unspecified atom stereocenters. The second kappa shape index (κ2) is 8.41. The summed E-state index contributed by atoms with van der Waals surface area (Å²) < 4.78 is 33.6. The van der Waals surface area contributed by atoms with Gasteiger partial charge in [-0.2, -0.15) is 4.98 Å². The molecule has 0 fully saturated rings. The van der Waals surface area contributed by atoms with Crippen molar-refractivity contribution < 1.29 is 22.8 Å². The first-order valence-electron chi connectivity index (χ1n) is 10.6. The molecule has 1 atom stereocenters. The smallest absolute Gasteiger partial charge is 0.404 e. The fraction of sp³-hybridized carbons (Fsp3) is 0.217. The molecule has 0 saturated carbocycles. The lowest BCUT2D eigenvalue weighted by Gasteiger charge is -2.23. The highest BCUT2D eigenvalue weighted by Gasteiger charge is 2.28. The van der Waals surface area contributed by atoms with E-state index in [0.29, 0.717) is 30.2 Å². The van der Waals surface area contributed by atoms with Gasteiger partial charge in [0.15, 0.2) is 12.0 Å². The first-order chi connectivity index (χ1) is 16.3. The van der Waals surface area contributed by atoms with E-state index in [0.717, 1.165) is 20.7 Å². The fourth-order valence-electron chi connectivity index (χ4n) is 4.28. The number of rotatable bonds is 5. The van der Waals surface area contributed by atoms with Crippen LogP contribution in [0.2, 0.25) is 0 Å². The quantitative estimate of drug-likeness (QED) is 0.440. The van der Waals surface area contributed by atoms with Gasteiger partial charge in [0.25, 0.3) is 15.9 Å². The lowest BCUT2D eigenvalue weighted by atomic mass is 9.88. The van der Waals surface area contributed by atoms with Crippen molar-refractivity contribution in [3.8, 4) is 11.5 Å². The molecule has 10 nitrogen and oxygen atoms in total. The molecule has 0 spiro atoms. The van der Waals surface area contributed by atoms with Gasteiger partial charge in [-0.05, 0) is 55.5 Å². The summed E-state index contributed by atoms with van der Waals surface area (Å²) in [5, 5.41) is 15.9. The zero-order chi connectivity index (χ0) is 23.9. The maximum Gasteiger partial charge on any atom is 0.404 e. The van der Waals surface area contributed by atoms with Gasteiger partial charge in [-0.3, -0.25) is 0 Å². The van der Waals surface area contributed by atoms with Crippen LogP contribution in [0.25, 0.3) is 28.1 Å². The summed E-state index contributed by atoms with van der Waals surface area (Å²) in [6.07, 6.45) is 7.03. The molecule has 0 bridgehead atoms. The molecule has 174 valence electrons. The van der Waals surface area contributed by atoms with Crippen molar-refractivity contribution in [2.75, 3.05) is 0 Å². The average Bonchev–Trinajstić information content (AvgIpc) is 3.47. The summed E-state index contributed by atoms with van der Waals surface area (Å²) in [7, 11) is -3.97. The fourth-order valence-corrected chi connectivity index (χ4v) is 5.60. The summed E-state index contributed by atoms with van der Waals surface area (Å²) in [5.41, 5.74) is 3.23. The normalized spacial score (nSPS) is 16.4. The van der Waals surface area contributed by atoms with Crippen molar-refractivity contribution in [1.82, 2.24) is 24.4 Å². The van der Waals surface area contributed by atoms with E-state index in [2.05, 4.69) is 20.4 Å². The molecule has 2 N–H and O–H groups in total. The maximum absolute atomic E-state index is 13.6. The van der Waals surface area contributed by atoms with Crippen LogP contribution in [0.15, 0.2) is 64.5 Å². The third-order valence-corrected chi connectivity index (χ3v) is 7.53. The number of pyridine rings is 1. The van der Waals surface area contributed by atoms with Crippen LogP contribution >= 0.6 is 0 Å². The van der Waals surface area contributed by atoms with E-state index in [-0.39, 0.29) is 22.5 Å². The minimum Gasteiger partial charge on any atom is -0.465 e. The third-order valence-electron chi connectivity index (χ3n) is 5.87. The monoisotopic (exact) mass is 479 g/mol. The molecular formula is C23H21N5O5S. The zero-order valence-electron chi connectivity index (χ0n) is 18.2. The zero-order valence-corrected chi connectivity index (χ0v) is 19.0. The molecule has 11 heteroatoms. The lowest BCUT2D eigenvalue weighted by molar-refractivity contribution is 0.189.